The lowest BCUT2D eigenvalue weighted by atomic mass is 10.2. The number of anilines is 1. The molecular formula is C12H9BrFNO4S2. The molecule has 112 valence electrons. The lowest BCUT2D eigenvalue weighted by Gasteiger charge is -2.08. The Balaban J connectivity index is 2.35. The van der Waals surface area contributed by atoms with E-state index in [1.54, 1.807) is 6.92 Å². The van der Waals surface area contributed by atoms with E-state index in [9.17, 15) is 17.6 Å². The van der Waals surface area contributed by atoms with Crippen LogP contribution in [0.15, 0.2) is 32.9 Å². The molecule has 0 amide bonds. The van der Waals surface area contributed by atoms with Gasteiger partial charge in [0.25, 0.3) is 10.0 Å². The first-order valence-electron chi connectivity index (χ1n) is 5.52. The maximum atomic E-state index is 13.5. The number of hydrogen-bond acceptors (Lipinski definition) is 4. The summed E-state index contributed by atoms with van der Waals surface area (Å²) in [5.41, 5.74) is -0.563. The van der Waals surface area contributed by atoms with Crippen molar-refractivity contribution >= 4 is 48.9 Å². The van der Waals surface area contributed by atoms with E-state index in [2.05, 4.69) is 20.7 Å². The number of sulfonamides is 1. The molecule has 0 radical (unpaired) electrons. The number of nitrogens with one attached hydrogen (secondary N) is 1. The molecule has 5 nitrogen and oxygen atoms in total. The zero-order valence-electron chi connectivity index (χ0n) is 10.6. The van der Waals surface area contributed by atoms with Crippen LogP contribution in [0.1, 0.15) is 15.2 Å². The van der Waals surface area contributed by atoms with Crippen LogP contribution < -0.4 is 4.72 Å². The van der Waals surface area contributed by atoms with Gasteiger partial charge in [-0.15, -0.1) is 11.3 Å². The molecule has 0 aliphatic heterocycles. The topological polar surface area (TPSA) is 83.5 Å². The predicted molar refractivity (Wildman–Crippen MR) is 80.9 cm³/mol. The summed E-state index contributed by atoms with van der Waals surface area (Å²) in [5.74, 6) is -2.43. The Kier molecular flexibility index (Phi) is 4.35. The lowest BCUT2D eigenvalue weighted by molar-refractivity contribution is 0.0692. The summed E-state index contributed by atoms with van der Waals surface area (Å²) in [6.45, 7) is 1.65. The van der Waals surface area contributed by atoms with Gasteiger partial charge in [-0.2, -0.15) is 0 Å². The Hall–Kier alpha value is -1.45. The molecule has 1 aromatic carbocycles. The number of thiophene rings is 1. The Morgan fingerprint density at radius 3 is 2.52 bits per heavy atom. The molecule has 0 bridgehead atoms. The van der Waals surface area contributed by atoms with Crippen molar-refractivity contribution < 1.29 is 22.7 Å². The van der Waals surface area contributed by atoms with E-state index in [1.807, 2.05) is 0 Å². The van der Waals surface area contributed by atoms with E-state index < -0.39 is 27.4 Å². The number of aromatic carboxylic acids is 1. The van der Waals surface area contributed by atoms with Crippen LogP contribution in [0, 0.1) is 12.7 Å². The third-order valence-electron chi connectivity index (χ3n) is 2.58. The van der Waals surface area contributed by atoms with E-state index in [4.69, 9.17) is 5.11 Å². The molecule has 0 aliphatic carbocycles. The van der Waals surface area contributed by atoms with Crippen molar-refractivity contribution in [3.63, 3.8) is 0 Å². The molecule has 9 heteroatoms. The Labute approximate surface area is 132 Å². The van der Waals surface area contributed by atoms with Crippen molar-refractivity contribution in [1.82, 2.24) is 0 Å². The van der Waals surface area contributed by atoms with Crippen molar-refractivity contribution in [3.8, 4) is 0 Å². The van der Waals surface area contributed by atoms with Crippen molar-refractivity contribution in [2.24, 2.45) is 0 Å². The molecule has 2 N–H and O–H groups in total. The minimum atomic E-state index is -3.86. The van der Waals surface area contributed by atoms with E-state index >= 15 is 0 Å². The minimum Gasteiger partial charge on any atom is -0.478 e. The van der Waals surface area contributed by atoms with Gasteiger partial charge in [0.05, 0.1) is 15.0 Å². The van der Waals surface area contributed by atoms with E-state index in [1.165, 1.54) is 23.5 Å². The van der Waals surface area contributed by atoms with Crippen LogP contribution in [-0.2, 0) is 10.0 Å². The van der Waals surface area contributed by atoms with Crippen LogP contribution in [0.4, 0.5) is 10.1 Å². The van der Waals surface area contributed by atoms with Crippen LogP contribution in [0.2, 0.25) is 0 Å². The van der Waals surface area contributed by atoms with Crippen LogP contribution in [0.25, 0.3) is 0 Å². The molecule has 1 heterocycles. The van der Waals surface area contributed by atoms with Gasteiger partial charge in [0.2, 0.25) is 0 Å². The van der Waals surface area contributed by atoms with E-state index in [-0.39, 0.29) is 10.6 Å². The van der Waals surface area contributed by atoms with Gasteiger partial charge in [-0.3, -0.25) is 4.72 Å². The normalized spacial score (nSPS) is 11.4. The molecular weight excluding hydrogens is 385 g/mol. The van der Waals surface area contributed by atoms with Crippen molar-refractivity contribution in [2.45, 2.75) is 11.8 Å². The summed E-state index contributed by atoms with van der Waals surface area (Å²) >= 11 is 4.46. The van der Waals surface area contributed by atoms with Gasteiger partial charge in [0.1, 0.15) is 10.7 Å². The lowest BCUT2D eigenvalue weighted by Crippen LogP contribution is -2.13. The molecule has 0 aliphatic rings. The van der Waals surface area contributed by atoms with Gasteiger partial charge in [0.15, 0.2) is 0 Å². The summed E-state index contributed by atoms with van der Waals surface area (Å²) in [7, 11) is -3.86. The van der Waals surface area contributed by atoms with Gasteiger partial charge in [0, 0.05) is 4.88 Å². The average Bonchev–Trinajstić information content (AvgIpc) is 2.68. The standard InChI is InChI=1S/C12H9BrFNO4S2/c1-6-10(5-11(13)20-6)21(18,19)15-7-2-3-8(12(16)17)9(14)4-7/h2-5,15H,1H3,(H,16,17). The van der Waals surface area contributed by atoms with Crippen molar-refractivity contribution in [3.05, 3.63) is 44.3 Å². The number of carboxylic acids is 1. The third kappa shape index (κ3) is 3.42. The van der Waals surface area contributed by atoms with Crippen molar-refractivity contribution in [1.29, 1.82) is 0 Å². The number of benzene rings is 1. The molecule has 0 atom stereocenters. The molecule has 1 aromatic heterocycles. The summed E-state index contributed by atoms with van der Waals surface area (Å²) in [6.07, 6.45) is 0. The number of rotatable bonds is 4. The highest BCUT2D eigenvalue weighted by molar-refractivity contribution is 9.11. The number of aryl methyl sites for hydroxylation is 1. The Morgan fingerprint density at radius 2 is 2.05 bits per heavy atom. The highest BCUT2D eigenvalue weighted by atomic mass is 79.9. The van der Waals surface area contributed by atoms with Gasteiger partial charge in [-0.1, -0.05) is 0 Å². The van der Waals surface area contributed by atoms with Crippen molar-refractivity contribution in [2.75, 3.05) is 4.72 Å². The second-order valence-electron chi connectivity index (χ2n) is 4.08. The molecule has 0 fully saturated rings. The SMILES string of the molecule is Cc1sc(Br)cc1S(=O)(=O)Nc1ccc(C(=O)O)c(F)c1. The summed E-state index contributed by atoms with van der Waals surface area (Å²) in [5, 5.41) is 8.72. The zero-order chi connectivity index (χ0) is 15.8. The third-order valence-corrected chi connectivity index (χ3v) is 5.77. The first-order valence-corrected chi connectivity index (χ1v) is 8.61. The molecule has 21 heavy (non-hydrogen) atoms. The highest BCUT2D eigenvalue weighted by Crippen LogP contribution is 2.31. The average molecular weight is 394 g/mol. The fourth-order valence-corrected chi connectivity index (χ4v) is 5.12. The first-order chi connectivity index (χ1) is 9.70. The molecule has 0 saturated heterocycles. The Bertz CT molecular complexity index is 817. The maximum absolute atomic E-state index is 13.5. The largest absolute Gasteiger partial charge is 0.478 e. The summed E-state index contributed by atoms with van der Waals surface area (Å²) < 4.78 is 40.8. The van der Waals surface area contributed by atoms with Crippen LogP contribution in [0.3, 0.4) is 0 Å². The second kappa shape index (κ2) is 5.74. The quantitative estimate of drug-likeness (QED) is 0.832. The van der Waals surface area contributed by atoms with Gasteiger partial charge in [-0.25, -0.2) is 17.6 Å². The Morgan fingerprint density at radius 1 is 1.38 bits per heavy atom. The molecule has 2 rings (SSSR count). The van der Waals surface area contributed by atoms with E-state index in [0.717, 1.165) is 12.1 Å². The zero-order valence-corrected chi connectivity index (χ0v) is 13.8. The number of carbonyl (C=O) groups is 1. The molecule has 2 aromatic rings. The van der Waals surface area contributed by atoms with Crippen LogP contribution >= 0.6 is 27.3 Å². The molecule has 0 spiro atoms. The number of halogens is 2. The van der Waals surface area contributed by atoms with Gasteiger partial charge in [-0.05, 0) is 47.1 Å². The van der Waals surface area contributed by atoms with Gasteiger partial charge >= 0.3 is 5.97 Å². The second-order valence-corrected chi connectivity index (χ2v) is 8.36. The molecule has 0 unspecified atom stereocenters. The van der Waals surface area contributed by atoms with E-state index in [0.29, 0.717) is 8.66 Å². The smallest absolute Gasteiger partial charge is 0.338 e. The number of hydrogen-bond donors (Lipinski definition) is 2. The van der Waals surface area contributed by atoms with Crippen LogP contribution in [0.5, 0.6) is 0 Å². The fourth-order valence-electron chi connectivity index (χ4n) is 1.66. The monoisotopic (exact) mass is 393 g/mol. The molecule has 0 saturated carbocycles. The van der Waals surface area contributed by atoms with Gasteiger partial charge < -0.3 is 5.11 Å². The summed E-state index contributed by atoms with van der Waals surface area (Å²) in [6, 6.07) is 4.48. The number of carboxylic acid groups (broad SMARTS) is 1. The minimum absolute atomic E-state index is 0.0424. The fraction of sp³-hybridized carbons (Fsp3) is 0.0833. The highest BCUT2D eigenvalue weighted by Gasteiger charge is 2.20. The summed E-state index contributed by atoms with van der Waals surface area (Å²) in [4.78, 5) is 11.4. The predicted octanol–water partition coefficient (Wildman–Crippen LogP) is 3.46. The first kappa shape index (κ1) is 15.9. The maximum Gasteiger partial charge on any atom is 0.338 e. The van der Waals surface area contributed by atoms with Crippen LogP contribution in [-0.4, -0.2) is 19.5 Å².